The minimum Gasteiger partial charge on any atom is -0.325 e. The molecule has 0 bridgehead atoms. The first kappa shape index (κ1) is 13.4. The molecule has 1 saturated heterocycles. The van der Waals surface area contributed by atoms with Gasteiger partial charge in [0.15, 0.2) is 0 Å². The number of fused-ring (bicyclic) bond motifs is 2. The third kappa shape index (κ3) is 1.66. The summed E-state index contributed by atoms with van der Waals surface area (Å²) < 4.78 is 27.8. The Balaban J connectivity index is 1.91. The Hall–Kier alpha value is -2.27. The van der Waals surface area contributed by atoms with Gasteiger partial charge in [-0.25, -0.2) is 8.78 Å². The van der Waals surface area contributed by atoms with Gasteiger partial charge >= 0.3 is 0 Å². The van der Waals surface area contributed by atoms with Gasteiger partial charge in [0.1, 0.15) is 11.6 Å². The van der Waals surface area contributed by atoms with Crippen molar-refractivity contribution < 1.29 is 13.6 Å². The Bertz CT molecular complexity index is 777. The summed E-state index contributed by atoms with van der Waals surface area (Å²) in [5.41, 5.74) is 0.909. The predicted octanol–water partition coefficient (Wildman–Crippen LogP) is 2.89. The molecule has 2 N–H and O–H groups in total. The largest absolute Gasteiger partial charge is 0.325 e. The monoisotopic (exact) mass is 300 g/mol. The van der Waals surface area contributed by atoms with E-state index in [0.717, 1.165) is 23.4 Å². The summed E-state index contributed by atoms with van der Waals surface area (Å²) in [5.74, 6) is -1.17. The van der Waals surface area contributed by atoms with Gasteiger partial charge in [-0.05, 0) is 42.8 Å². The van der Waals surface area contributed by atoms with Crippen molar-refractivity contribution in [3.05, 3.63) is 65.2 Å². The predicted molar refractivity (Wildman–Crippen MR) is 78.5 cm³/mol. The van der Waals surface area contributed by atoms with E-state index in [1.165, 1.54) is 6.07 Å². The van der Waals surface area contributed by atoms with Gasteiger partial charge in [0, 0.05) is 11.3 Å². The van der Waals surface area contributed by atoms with E-state index in [9.17, 15) is 13.6 Å². The summed E-state index contributed by atoms with van der Waals surface area (Å²) in [7, 11) is 0. The van der Waals surface area contributed by atoms with Crippen LogP contribution in [0.25, 0.3) is 0 Å². The summed E-state index contributed by atoms with van der Waals surface area (Å²) >= 11 is 0. The SMILES string of the molecule is O=C1Nc2ccccc2[C@]12CCN[C@H]2c1cc(F)ccc1F. The van der Waals surface area contributed by atoms with E-state index in [4.69, 9.17) is 0 Å². The zero-order chi connectivity index (χ0) is 15.3. The first-order valence-corrected chi connectivity index (χ1v) is 7.22. The zero-order valence-electron chi connectivity index (χ0n) is 11.7. The first-order chi connectivity index (χ1) is 10.6. The highest BCUT2D eigenvalue weighted by molar-refractivity contribution is 6.07. The van der Waals surface area contributed by atoms with E-state index < -0.39 is 23.1 Å². The van der Waals surface area contributed by atoms with Gasteiger partial charge in [-0.2, -0.15) is 0 Å². The highest BCUT2D eigenvalue weighted by atomic mass is 19.1. The number of anilines is 1. The van der Waals surface area contributed by atoms with Gasteiger partial charge in [-0.1, -0.05) is 18.2 Å². The standard InChI is InChI=1S/C17H14F2N2O/c18-10-5-6-13(19)11(9-10)15-17(7-8-20-15)12-3-1-2-4-14(12)21-16(17)22/h1-6,9,15,20H,7-8H2,(H,21,22)/t15-,17-/m0/s1. The molecule has 2 atom stereocenters. The molecular weight excluding hydrogens is 286 g/mol. The fourth-order valence-corrected chi connectivity index (χ4v) is 3.72. The summed E-state index contributed by atoms with van der Waals surface area (Å²) in [6.07, 6.45) is 0.552. The van der Waals surface area contributed by atoms with Crippen molar-refractivity contribution in [2.75, 3.05) is 11.9 Å². The van der Waals surface area contributed by atoms with Gasteiger partial charge in [-0.15, -0.1) is 0 Å². The molecule has 4 rings (SSSR count). The number of nitrogens with one attached hydrogen (secondary N) is 2. The second-order valence-corrected chi connectivity index (χ2v) is 5.77. The molecule has 1 amide bonds. The van der Waals surface area contributed by atoms with Crippen LogP contribution in [-0.4, -0.2) is 12.5 Å². The minimum atomic E-state index is -0.884. The molecule has 1 fully saturated rings. The molecule has 22 heavy (non-hydrogen) atoms. The lowest BCUT2D eigenvalue weighted by Gasteiger charge is -2.29. The molecule has 2 aliphatic heterocycles. The molecule has 2 aromatic carbocycles. The van der Waals surface area contributed by atoms with Crippen LogP contribution in [0.2, 0.25) is 0 Å². The van der Waals surface area contributed by atoms with Crippen molar-refractivity contribution in [2.45, 2.75) is 17.9 Å². The van der Waals surface area contributed by atoms with Crippen molar-refractivity contribution in [1.82, 2.24) is 5.32 Å². The van der Waals surface area contributed by atoms with E-state index in [0.29, 0.717) is 13.0 Å². The third-order valence-electron chi connectivity index (χ3n) is 4.69. The molecule has 0 saturated carbocycles. The molecule has 112 valence electrons. The van der Waals surface area contributed by atoms with Gasteiger partial charge < -0.3 is 10.6 Å². The molecule has 2 aliphatic rings. The van der Waals surface area contributed by atoms with Gasteiger partial charge in [0.05, 0.1) is 11.5 Å². The molecule has 5 heteroatoms. The van der Waals surface area contributed by atoms with Crippen molar-refractivity contribution >= 4 is 11.6 Å². The summed E-state index contributed by atoms with van der Waals surface area (Å²) in [6, 6.07) is 10.2. The molecule has 0 aliphatic carbocycles. The van der Waals surface area contributed by atoms with Gasteiger partial charge in [-0.3, -0.25) is 4.79 Å². The third-order valence-corrected chi connectivity index (χ3v) is 4.69. The smallest absolute Gasteiger partial charge is 0.237 e. The quantitative estimate of drug-likeness (QED) is 0.850. The van der Waals surface area contributed by atoms with Crippen molar-refractivity contribution in [3.63, 3.8) is 0 Å². The van der Waals surface area contributed by atoms with Crippen LogP contribution < -0.4 is 10.6 Å². The minimum absolute atomic E-state index is 0.160. The normalized spacial score (nSPS) is 26.3. The van der Waals surface area contributed by atoms with Gasteiger partial charge in [0.2, 0.25) is 5.91 Å². The zero-order valence-corrected chi connectivity index (χ0v) is 11.7. The topological polar surface area (TPSA) is 41.1 Å². The number of carbonyl (C=O) groups excluding carboxylic acids is 1. The van der Waals surface area contributed by atoms with Crippen LogP contribution in [0.15, 0.2) is 42.5 Å². The second-order valence-electron chi connectivity index (χ2n) is 5.77. The maximum Gasteiger partial charge on any atom is 0.237 e. The van der Waals surface area contributed by atoms with Crippen LogP contribution in [0.1, 0.15) is 23.6 Å². The highest BCUT2D eigenvalue weighted by Gasteiger charge is 2.55. The molecule has 2 aromatic rings. The second kappa shape index (κ2) is 4.61. The van der Waals surface area contributed by atoms with Crippen LogP contribution in [0, 0.1) is 11.6 Å². The lowest BCUT2D eigenvalue weighted by atomic mass is 9.73. The van der Waals surface area contributed by atoms with E-state index >= 15 is 0 Å². The number of para-hydroxylation sites is 1. The van der Waals surface area contributed by atoms with E-state index in [1.54, 1.807) is 0 Å². The summed E-state index contributed by atoms with van der Waals surface area (Å²) in [4.78, 5) is 12.7. The number of halogens is 2. The highest BCUT2D eigenvalue weighted by Crippen LogP contribution is 2.51. The Labute approximate surface area is 126 Å². The van der Waals surface area contributed by atoms with E-state index in [2.05, 4.69) is 10.6 Å². The van der Waals surface area contributed by atoms with Crippen molar-refractivity contribution in [3.8, 4) is 0 Å². The molecule has 0 unspecified atom stereocenters. The number of hydrogen-bond donors (Lipinski definition) is 2. The number of amides is 1. The van der Waals surface area contributed by atoms with Crippen LogP contribution >= 0.6 is 0 Å². The molecule has 0 aromatic heterocycles. The van der Waals surface area contributed by atoms with Crippen LogP contribution in [-0.2, 0) is 10.2 Å². The van der Waals surface area contributed by atoms with E-state index in [-0.39, 0.29) is 11.5 Å². The van der Waals surface area contributed by atoms with Crippen LogP contribution in [0.4, 0.5) is 14.5 Å². The molecule has 1 spiro atoms. The number of rotatable bonds is 1. The number of carbonyl (C=O) groups is 1. The Kier molecular flexibility index (Phi) is 2.81. The van der Waals surface area contributed by atoms with Crippen molar-refractivity contribution in [1.29, 1.82) is 0 Å². The maximum absolute atomic E-state index is 14.2. The Morgan fingerprint density at radius 3 is 2.82 bits per heavy atom. The Morgan fingerprint density at radius 1 is 1.14 bits per heavy atom. The number of hydrogen-bond acceptors (Lipinski definition) is 2. The van der Waals surface area contributed by atoms with Crippen molar-refractivity contribution in [2.24, 2.45) is 0 Å². The van der Waals surface area contributed by atoms with Crippen LogP contribution in [0.3, 0.4) is 0 Å². The van der Waals surface area contributed by atoms with Crippen LogP contribution in [0.5, 0.6) is 0 Å². The lowest BCUT2D eigenvalue weighted by Crippen LogP contribution is -2.40. The lowest BCUT2D eigenvalue weighted by molar-refractivity contribution is -0.121. The maximum atomic E-state index is 14.2. The van der Waals surface area contributed by atoms with Gasteiger partial charge in [0.25, 0.3) is 0 Å². The molecular formula is C17H14F2N2O. The fraction of sp³-hybridized carbons (Fsp3) is 0.235. The first-order valence-electron chi connectivity index (χ1n) is 7.22. The average Bonchev–Trinajstić information content (AvgIpc) is 3.06. The number of benzene rings is 2. The summed E-state index contributed by atoms with van der Waals surface area (Å²) in [6.45, 7) is 0.572. The molecule has 2 heterocycles. The Morgan fingerprint density at radius 2 is 1.95 bits per heavy atom. The van der Waals surface area contributed by atoms with E-state index in [1.807, 2.05) is 24.3 Å². The molecule has 0 radical (unpaired) electrons. The average molecular weight is 300 g/mol. The molecule has 3 nitrogen and oxygen atoms in total. The summed E-state index contributed by atoms with van der Waals surface area (Å²) in [5, 5.41) is 6.05. The fourth-order valence-electron chi connectivity index (χ4n) is 3.72.